The van der Waals surface area contributed by atoms with E-state index in [0.29, 0.717) is 25.2 Å². The molecule has 2 aromatic heterocycles. The predicted molar refractivity (Wildman–Crippen MR) is 82.3 cm³/mol. The maximum absolute atomic E-state index is 12.5. The Labute approximate surface area is 132 Å². The summed E-state index contributed by atoms with van der Waals surface area (Å²) in [7, 11) is 0. The van der Waals surface area contributed by atoms with Crippen molar-refractivity contribution in [1.29, 1.82) is 0 Å². The first-order chi connectivity index (χ1) is 10.8. The second-order valence-electron chi connectivity index (χ2n) is 5.07. The van der Waals surface area contributed by atoms with Crippen LogP contribution in [0.25, 0.3) is 0 Å². The number of thiazole rings is 1. The third kappa shape index (κ3) is 3.14. The van der Waals surface area contributed by atoms with E-state index in [1.165, 1.54) is 11.3 Å². The number of carbonyl (C=O) groups excluding carboxylic acids is 2. The lowest BCUT2D eigenvalue weighted by atomic mass is 10.2. The maximum Gasteiger partial charge on any atom is 0.273 e. The monoisotopic (exact) mass is 316 g/mol. The fourth-order valence-electron chi connectivity index (χ4n) is 2.54. The van der Waals surface area contributed by atoms with Crippen LogP contribution in [0.15, 0.2) is 35.3 Å². The van der Waals surface area contributed by atoms with Gasteiger partial charge in [0, 0.05) is 18.1 Å². The summed E-state index contributed by atoms with van der Waals surface area (Å²) in [5.41, 5.74) is 2.94. The zero-order valence-corrected chi connectivity index (χ0v) is 12.8. The smallest absolute Gasteiger partial charge is 0.273 e. The number of aromatic nitrogens is 2. The van der Waals surface area contributed by atoms with Crippen molar-refractivity contribution in [2.75, 3.05) is 6.54 Å². The molecule has 1 fully saturated rings. The van der Waals surface area contributed by atoms with Crippen molar-refractivity contribution in [3.63, 3.8) is 0 Å². The van der Waals surface area contributed by atoms with Crippen LogP contribution in [0.3, 0.4) is 0 Å². The van der Waals surface area contributed by atoms with Gasteiger partial charge in [-0.15, -0.1) is 11.3 Å². The maximum atomic E-state index is 12.5. The van der Waals surface area contributed by atoms with Gasteiger partial charge >= 0.3 is 0 Å². The number of nitrogens with zero attached hydrogens (tertiary/aromatic N) is 3. The molecule has 7 heteroatoms. The van der Waals surface area contributed by atoms with E-state index in [1.807, 2.05) is 5.38 Å². The lowest BCUT2D eigenvalue weighted by molar-refractivity contribution is -0.125. The van der Waals surface area contributed by atoms with Gasteiger partial charge in [0.15, 0.2) is 0 Å². The quantitative estimate of drug-likeness (QED) is 0.926. The van der Waals surface area contributed by atoms with Crippen LogP contribution in [0, 0.1) is 0 Å². The van der Waals surface area contributed by atoms with Crippen LogP contribution in [0.5, 0.6) is 0 Å². The van der Waals surface area contributed by atoms with Crippen LogP contribution in [-0.4, -0.2) is 39.3 Å². The van der Waals surface area contributed by atoms with Gasteiger partial charge in [-0.3, -0.25) is 14.6 Å². The molecule has 1 N–H and O–H groups in total. The molecule has 3 heterocycles. The van der Waals surface area contributed by atoms with Gasteiger partial charge < -0.3 is 10.2 Å². The molecule has 0 aliphatic carbocycles. The molecule has 1 aliphatic rings. The second-order valence-corrected chi connectivity index (χ2v) is 5.79. The Hall–Kier alpha value is -2.28. The molecule has 1 saturated heterocycles. The molecule has 0 radical (unpaired) electrons. The van der Waals surface area contributed by atoms with Crippen molar-refractivity contribution in [2.45, 2.75) is 25.4 Å². The number of nitrogens with one attached hydrogen (secondary N) is 1. The summed E-state index contributed by atoms with van der Waals surface area (Å²) < 4.78 is 0. The lowest BCUT2D eigenvalue weighted by Gasteiger charge is -2.23. The van der Waals surface area contributed by atoms with Crippen molar-refractivity contribution >= 4 is 23.2 Å². The average molecular weight is 316 g/mol. The van der Waals surface area contributed by atoms with Gasteiger partial charge in [0.2, 0.25) is 5.91 Å². The van der Waals surface area contributed by atoms with Gasteiger partial charge in [-0.05, 0) is 25.0 Å². The molecule has 2 amide bonds. The molecule has 0 aromatic carbocycles. The summed E-state index contributed by atoms with van der Waals surface area (Å²) in [4.78, 5) is 34.6. The van der Waals surface area contributed by atoms with Gasteiger partial charge in [0.05, 0.1) is 17.7 Å². The summed E-state index contributed by atoms with van der Waals surface area (Å²) in [5.74, 6) is -0.318. The zero-order chi connectivity index (χ0) is 15.4. The van der Waals surface area contributed by atoms with E-state index < -0.39 is 6.04 Å². The van der Waals surface area contributed by atoms with Gasteiger partial charge in [-0.2, -0.15) is 0 Å². The first kappa shape index (κ1) is 14.6. The first-order valence-corrected chi connectivity index (χ1v) is 8.07. The largest absolute Gasteiger partial charge is 0.349 e. The van der Waals surface area contributed by atoms with E-state index >= 15 is 0 Å². The topological polar surface area (TPSA) is 75.2 Å². The van der Waals surface area contributed by atoms with Crippen molar-refractivity contribution < 1.29 is 9.59 Å². The molecular weight excluding hydrogens is 300 g/mol. The Morgan fingerprint density at radius 1 is 1.36 bits per heavy atom. The number of likely N-dealkylation sites (tertiary alicyclic amines) is 1. The Morgan fingerprint density at radius 2 is 2.27 bits per heavy atom. The van der Waals surface area contributed by atoms with Crippen LogP contribution in [-0.2, 0) is 11.3 Å². The molecule has 1 atom stereocenters. The van der Waals surface area contributed by atoms with Crippen LogP contribution in [0.4, 0.5) is 0 Å². The van der Waals surface area contributed by atoms with Gasteiger partial charge in [-0.1, -0.05) is 6.07 Å². The minimum Gasteiger partial charge on any atom is -0.349 e. The van der Waals surface area contributed by atoms with E-state index in [-0.39, 0.29) is 11.8 Å². The number of hydrogen-bond acceptors (Lipinski definition) is 5. The van der Waals surface area contributed by atoms with E-state index in [0.717, 1.165) is 12.1 Å². The summed E-state index contributed by atoms with van der Waals surface area (Å²) in [6.45, 7) is 0.981. The normalized spacial score (nSPS) is 17.5. The van der Waals surface area contributed by atoms with E-state index in [2.05, 4.69) is 15.3 Å². The highest BCUT2D eigenvalue weighted by Gasteiger charge is 2.34. The lowest BCUT2D eigenvalue weighted by Crippen LogP contribution is -2.45. The Bertz CT molecular complexity index is 645. The third-order valence-corrected chi connectivity index (χ3v) is 4.26. The summed E-state index contributed by atoms with van der Waals surface area (Å²) in [6.07, 6.45) is 3.09. The summed E-state index contributed by atoms with van der Waals surface area (Å²) in [6, 6.07) is 4.78. The number of amides is 2. The molecule has 2 aromatic rings. The Morgan fingerprint density at radius 3 is 3.00 bits per heavy atom. The molecule has 114 valence electrons. The average Bonchev–Trinajstić information content (AvgIpc) is 3.24. The standard InChI is InChI=1S/C15H16N4O2S/c20-14(17-8-11-9-22-10-18-11)13-5-3-7-19(13)15(21)12-4-1-2-6-16-12/h1-2,4,6,9-10,13H,3,5,7-8H2,(H,17,20). The van der Waals surface area contributed by atoms with Crippen LogP contribution >= 0.6 is 11.3 Å². The molecule has 22 heavy (non-hydrogen) atoms. The SMILES string of the molecule is O=C(NCc1cscn1)C1CCCN1C(=O)c1ccccn1. The van der Waals surface area contributed by atoms with Crippen molar-refractivity contribution in [3.8, 4) is 0 Å². The highest BCUT2D eigenvalue weighted by Crippen LogP contribution is 2.19. The molecule has 3 rings (SSSR count). The van der Waals surface area contributed by atoms with Crippen LogP contribution in [0.2, 0.25) is 0 Å². The van der Waals surface area contributed by atoms with Crippen LogP contribution in [0.1, 0.15) is 29.0 Å². The third-order valence-electron chi connectivity index (χ3n) is 3.63. The molecule has 1 aliphatic heterocycles. The van der Waals surface area contributed by atoms with E-state index in [4.69, 9.17) is 0 Å². The molecule has 1 unspecified atom stereocenters. The predicted octanol–water partition coefficient (Wildman–Crippen LogP) is 1.46. The van der Waals surface area contributed by atoms with Crippen LogP contribution < -0.4 is 5.32 Å². The molecular formula is C15H16N4O2S. The number of carbonyl (C=O) groups is 2. The van der Waals surface area contributed by atoms with Gasteiger partial charge in [0.25, 0.3) is 5.91 Å². The Kier molecular flexibility index (Phi) is 4.43. The molecule has 0 spiro atoms. The van der Waals surface area contributed by atoms with Crippen molar-refractivity contribution in [3.05, 3.63) is 46.7 Å². The first-order valence-electron chi connectivity index (χ1n) is 7.12. The minimum absolute atomic E-state index is 0.130. The molecule has 6 nitrogen and oxygen atoms in total. The fourth-order valence-corrected chi connectivity index (χ4v) is 3.10. The Balaban J connectivity index is 1.65. The summed E-state index contributed by atoms with van der Waals surface area (Å²) >= 11 is 1.49. The molecule has 0 bridgehead atoms. The zero-order valence-electron chi connectivity index (χ0n) is 11.9. The van der Waals surface area contributed by atoms with E-state index in [9.17, 15) is 9.59 Å². The van der Waals surface area contributed by atoms with Gasteiger partial charge in [-0.25, -0.2) is 4.98 Å². The summed E-state index contributed by atoms with van der Waals surface area (Å²) in [5, 5.41) is 4.75. The van der Waals surface area contributed by atoms with Crippen molar-refractivity contribution in [1.82, 2.24) is 20.2 Å². The number of hydrogen-bond donors (Lipinski definition) is 1. The molecule has 0 saturated carbocycles. The highest BCUT2D eigenvalue weighted by atomic mass is 32.1. The minimum atomic E-state index is -0.423. The number of pyridine rings is 1. The fraction of sp³-hybridized carbons (Fsp3) is 0.333. The highest BCUT2D eigenvalue weighted by molar-refractivity contribution is 7.07. The second kappa shape index (κ2) is 6.65. The van der Waals surface area contributed by atoms with Crippen molar-refractivity contribution in [2.24, 2.45) is 0 Å². The number of rotatable bonds is 4. The van der Waals surface area contributed by atoms with E-state index in [1.54, 1.807) is 34.8 Å². The van der Waals surface area contributed by atoms with Gasteiger partial charge in [0.1, 0.15) is 11.7 Å².